The summed E-state index contributed by atoms with van der Waals surface area (Å²) < 4.78 is 0. The fraction of sp³-hybridized carbons (Fsp3) is 0.458. The predicted molar refractivity (Wildman–Crippen MR) is 118 cm³/mol. The van der Waals surface area contributed by atoms with Crippen LogP contribution in [0.4, 0.5) is 5.69 Å². The van der Waals surface area contributed by atoms with Crippen molar-refractivity contribution in [1.29, 1.82) is 0 Å². The van der Waals surface area contributed by atoms with Crippen LogP contribution in [0, 0.1) is 0 Å². The zero-order valence-electron chi connectivity index (χ0n) is 17.4. The summed E-state index contributed by atoms with van der Waals surface area (Å²) in [5, 5.41) is 12.3. The van der Waals surface area contributed by atoms with Gasteiger partial charge in [0, 0.05) is 51.4 Å². The van der Waals surface area contributed by atoms with Crippen molar-refractivity contribution in [2.24, 2.45) is 0 Å². The van der Waals surface area contributed by atoms with Gasteiger partial charge in [-0.15, -0.1) is 0 Å². The molecule has 1 aliphatic rings. The molecule has 0 aromatic heterocycles. The van der Waals surface area contributed by atoms with Gasteiger partial charge in [0.05, 0.1) is 0 Å². The van der Waals surface area contributed by atoms with Crippen LogP contribution in [0.3, 0.4) is 0 Å². The number of anilines is 1. The minimum Gasteiger partial charge on any atom is -0.396 e. The number of hydrogen-bond acceptors (Lipinski definition) is 4. The van der Waals surface area contributed by atoms with Gasteiger partial charge in [0.15, 0.2) is 0 Å². The molecule has 0 bridgehead atoms. The molecule has 2 aromatic rings. The fourth-order valence-electron chi connectivity index (χ4n) is 4.10. The first-order valence-corrected chi connectivity index (χ1v) is 10.6. The molecule has 156 valence electrons. The van der Waals surface area contributed by atoms with E-state index in [-0.39, 0.29) is 12.5 Å². The van der Waals surface area contributed by atoms with Crippen molar-refractivity contribution in [3.8, 4) is 0 Å². The molecular weight excluding hydrogens is 362 g/mol. The molecule has 2 N–H and O–H groups in total. The molecule has 1 amide bonds. The zero-order chi connectivity index (χ0) is 20.5. The lowest BCUT2D eigenvalue weighted by molar-refractivity contribution is -0.114. The topological polar surface area (TPSA) is 55.8 Å². The summed E-state index contributed by atoms with van der Waals surface area (Å²) in [5.41, 5.74) is 3.48. The Balaban J connectivity index is 1.49. The number of nitrogens with zero attached hydrogens (tertiary/aromatic N) is 2. The van der Waals surface area contributed by atoms with Gasteiger partial charge in [-0.3, -0.25) is 14.6 Å². The van der Waals surface area contributed by atoms with Crippen LogP contribution in [0.15, 0.2) is 54.6 Å². The Bertz CT molecular complexity index is 748. The lowest BCUT2D eigenvalue weighted by Crippen LogP contribution is -2.53. The number of carbonyl (C=O) groups is 1. The van der Waals surface area contributed by atoms with Gasteiger partial charge in [-0.1, -0.05) is 42.5 Å². The summed E-state index contributed by atoms with van der Waals surface area (Å²) >= 11 is 0. The Morgan fingerprint density at radius 1 is 1.07 bits per heavy atom. The number of hydrogen-bond donors (Lipinski definition) is 2. The van der Waals surface area contributed by atoms with Crippen LogP contribution in [0.5, 0.6) is 0 Å². The van der Waals surface area contributed by atoms with Gasteiger partial charge in [0.2, 0.25) is 5.91 Å². The summed E-state index contributed by atoms with van der Waals surface area (Å²) in [5.74, 6) is -0.0482. The number of aliphatic hydroxyl groups is 1. The smallest absolute Gasteiger partial charge is 0.221 e. The first kappa shape index (κ1) is 21.5. The SMILES string of the molecule is CC(=O)Nc1ccc(CN2CCN(CCCc3ccccc3)[C@H](CCO)C2)cc1. The second-order valence-electron chi connectivity index (χ2n) is 7.90. The van der Waals surface area contributed by atoms with Crippen molar-refractivity contribution in [1.82, 2.24) is 9.80 Å². The zero-order valence-corrected chi connectivity index (χ0v) is 17.4. The third-order valence-corrected chi connectivity index (χ3v) is 5.59. The number of carbonyl (C=O) groups excluding carboxylic acids is 1. The summed E-state index contributed by atoms with van der Waals surface area (Å²) in [7, 11) is 0. The largest absolute Gasteiger partial charge is 0.396 e. The molecule has 1 heterocycles. The Hall–Kier alpha value is -2.21. The van der Waals surface area contributed by atoms with E-state index in [1.54, 1.807) is 0 Å². The molecule has 3 rings (SSSR count). The Kier molecular flexibility index (Phi) is 8.23. The average molecular weight is 396 g/mol. The monoisotopic (exact) mass is 395 g/mol. The lowest BCUT2D eigenvalue weighted by Gasteiger charge is -2.41. The first-order valence-electron chi connectivity index (χ1n) is 10.6. The second kappa shape index (κ2) is 11.1. The van der Waals surface area contributed by atoms with Gasteiger partial charge in [-0.05, 0) is 49.1 Å². The van der Waals surface area contributed by atoms with Crippen LogP contribution in [-0.4, -0.2) is 59.6 Å². The highest BCUT2D eigenvalue weighted by Crippen LogP contribution is 2.18. The van der Waals surface area contributed by atoms with Gasteiger partial charge in [-0.2, -0.15) is 0 Å². The van der Waals surface area contributed by atoms with Crippen molar-refractivity contribution in [3.63, 3.8) is 0 Å². The maximum Gasteiger partial charge on any atom is 0.221 e. The number of aliphatic hydroxyl groups excluding tert-OH is 1. The minimum absolute atomic E-state index is 0.0482. The molecule has 1 saturated heterocycles. The summed E-state index contributed by atoms with van der Waals surface area (Å²) in [6, 6.07) is 19.1. The van der Waals surface area contributed by atoms with Crippen LogP contribution in [0.2, 0.25) is 0 Å². The number of piperazine rings is 1. The molecule has 0 aliphatic carbocycles. The van der Waals surface area contributed by atoms with Gasteiger partial charge in [0.1, 0.15) is 0 Å². The van der Waals surface area contributed by atoms with Gasteiger partial charge in [-0.25, -0.2) is 0 Å². The van der Waals surface area contributed by atoms with Crippen LogP contribution in [0.1, 0.15) is 30.9 Å². The number of nitrogens with one attached hydrogen (secondary N) is 1. The minimum atomic E-state index is -0.0482. The molecule has 0 radical (unpaired) electrons. The van der Waals surface area contributed by atoms with E-state index >= 15 is 0 Å². The number of rotatable bonds is 9. The number of aryl methyl sites for hydroxylation is 1. The van der Waals surface area contributed by atoms with E-state index in [9.17, 15) is 9.90 Å². The van der Waals surface area contributed by atoms with Crippen molar-refractivity contribution < 1.29 is 9.90 Å². The molecule has 1 aliphatic heterocycles. The van der Waals surface area contributed by atoms with Crippen LogP contribution in [0.25, 0.3) is 0 Å². The van der Waals surface area contributed by atoms with Gasteiger partial charge < -0.3 is 10.4 Å². The molecule has 0 unspecified atom stereocenters. The molecule has 0 saturated carbocycles. The van der Waals surface area contributed by atoms with E-state index < -0.39 is 0 Å². The fourth-order valence-corrected chi connectivity index (χ4v) is 4.10. The third-order valence-electron chi connectivity index (χ3n) is 5.59. The van der Waals surface area contributed by atoms with E-state index in [1.165, 1.54) is 18.1 Å². The molecule has 2 aromatic carbocycles. The third kappa shape index (κ3) is 6.96. The molecule has 5 heteroatoms. The Morgan fingerprint density at radius 2 is 1.83 bits per heavy atom. The Morgan fingerprint density at radius 3 is 2.52 bits per heavy atom. The van der Waals surface area contributed by atoms with Crippen molar-refractivity contribution in [2.75, 3.05) is 38.1 Å². The van der Waals surface area contributed by atoms with Crippen LogP contribution in [-0.2, 0) is 17.8 Å². The van der Waals surface area contributed by atoms with E-state index in [0.717, 1.165) is 57.7 Å². The van der Waals surface area contributed by atoms with Crippen molar-refractivity contribution in [3.05, 3.63) is 65.7 Å². The highest BCUT2D eigenvalue weighted by Gasteiger charge is 2.26. The maximum atomic E-state index is 11.2. The highest BCUT2D eigenvalue weighted by atomic mass is 16.3. The molecular formula is C24H33N3O2. The summed E-state index contributed by atoms with van der Waals surface area (Å²) in [4.78, 5) is 16.2. The standard InChI is InChI=1S/C24H33N3O2/c1-20(29)25-23-11-9-22(10-12-23)18-26-15-16-27(24(19-26)13-17-28)14-5-8-21-6-3-2-4-7-21/h2-4,6-7,9-12,24,28H,5,8,13-19H2,1H3,(H,25,29)/t24-/m1/s1. The van der Waals surface area contributed by atoms with Crippen molar-refractivity contribution >= 4 is 11.6 Å². The van der Waals surface area contributed by atoms with E-state index in [2.05, 4.69) is 57.6 Å². The first-order chi connectivity index (χ1) is 14.1. The van der Waals surface area contributed by atoms with E-state index in [1.807, 2.05) is 12.1 Å². The van der Waals surface area contributed by atoms with E-state index in [4.69, 9.17) is 0 Å². The predicted octanol–water partition coefficient (Wildman–Crippen LogP) is 3.15. The lowest BCUT2D eigenvalue weighted by atomic mass is 10.1. The molecule has 0 spiro atoms. The average Bonchev–Trinajstić information content (AvgIpc) is 2.72. The number of benzene rings is 2. The van der Waals surface area contributed by atoms with Crippen LogP contribution >= 0.6 is 0 Å². The highest BCUT2D eigenvalue weighted by molar-refractivity contribution is 5.88. The summed E-state index contributed by atoms with van der Waals surface area (Å²) in [6.45, 7) is 6.82. The van der Waals surface area contributed by atoms with Gasteiger partial charge in [0.25, 0.3) is 0 Å². The Labute approximate surface area is 174 Å². The van der Waals surface area contributed by atoms with Gasteiger partial charge >= 0.3 is 0 Å². The maximum absolute atomic E-state index is 11.2. The normalized spacial score (nSPS) is 17.9. The molecule has 29 heavy (non-hydrogen) atoms. The summed E-state index contributed by atoms with van der Waals surface area (Å²) in [6.07, 6.45) is 3.08. The van der Waals surface area contributed by atoms with E-state index in [0.29, 0.717) is 6.04 Å². The number of amides is 1. The molecule has 1 atom stereocenters. The molecule has 5 nitrogen and oxygen atoms in total. The van der Waals surface area contributed by atoms with Crippen LogP contribution < -0.4 is 5.32 Å². The second-order valence-corrected chi connectivity index (χ2v) is 7.90. The quantitative estimate of drug-likeness (QED) is 0.685. The van der Waals surface area contributed by atoms with Crippen molar-refractivity contribution in [2.45, 2.75) is 38.8 Å². The molecule has 1 fully saturated rings.